The summed E-state index contributed by atoms with van der Waals surface area (Å²) in [6, 6.07) is -0.290. The van der Waals surface area contributed by atoms with Crippen molar-refractivity contribution in [2.75, 3.05) is 13.1 Å². The first-order valence-electron chi connectivity index (χ1n) is 6.02. The van der Waals surface area contributed by atoms with Crippen LogP contribution in [0, 0.1) is 0 Å². The van der Waals surface area contributed by atoms with Crippen LogP contribution >= 0.6 is 0 Å². The fraction of sp³-hybridized carbons (Fsp3) is 0.909. The summed E-state index contributed by atoms with van der Waals surface area (Å²) >= 11 is 0. The number of fused-ring (bicyclic) bond motifs is 2. The van der Waals surface area contributed by atoms with E-state index in [4.69, 9.17) is 0 Å². The fourth-order valence-corrected chi connectivity index (χ4v) is 2.67. The number of halogens is 3. The van der Waals surface area contributed by atoms with Gasteiger partial charge in [0.2, 0.25) is 5.91 Å². The molecule has 1 amide bonds. The molecular formula is C11H17F3N2O2. The molecule has 2 bridgehead atoms. The van der Waals surface area contributed by atoms with Crippen molar-refractivity contribution in [1.82, 2.24) is 10.2 Å². The van der Waals surface area contributed by atoms with Gasteiger partial charge in [-0.25, -0.2) is 0 Å². The first kappa shape index (κ1) is 13.6. The highest BCUT2D eigenvalue weighted by molar-refractivity contribution is 5.77. The highest BCUT2D eigenvalue weighted by Gasteiger charge is 2.53. The van der Waals surface area contributed by atoms with Crippen LogP contribution in [0.2, 0.25) is 0 Å². The minimum Gasteiger partial charge on any atom is -0.380 e. The molecule has 4 nitrogen and oxygen atoms in total. The first-order valence-corrected chi connectivity index (χ1v) is 6.02. The second-order valence-corrected chi connectivity index (χ2v) is 5.34. The molecule has 2 fully saturated rings. The summed E-state index contributed by atoms with van der Waals surface area (Å²) in [5.41, 5.74) is -2.73. The lowest BCUT2D eigenvalue weighted by Gasteiger charge is -2.35. The lowest BCUT2D eigenvalue weighted by Crippen LogP contribution is -2.54. The predicted molar refractivity (Wildman–Crippen MR) is 57.8 cm³/mol. The third-order valence-electron chi connectivity index (χ3n) is 3.83. The van der Waals surface area contributed by atoms with Crippen LogP contribution in [0.5, 0.6) is 0 Å². The monoisotopic (exact) mass is 266 g/mol. The Kier molecular flexibility index (Phi) is 3.31. The summed E-state index contributed by atoms with van der Waals surface area (Å²) in [4.78, 5) is 13.0. The van der Waals surface area contributed by atoms with Crippen molar-refractivity contribution in [3.8, 4) is 0 Å². The van der Waals surface area contributed by atoms with E-state index in [0.717, 1.165) is 13.3 Å². The zero-order valence-electron chi connectivity index (χ0n) is 10.1. The minimum atomic E-state index is -4.66. The van der Waals surface area contributed by atoms with Gasteiger partial charge in [0.05, 0.1) is 0 Å². The van der Waals surface area contributed by atoms with Crippen LogP contribution in [0.15, 0.2) is 0 Å². The van der Waals surface area contributed by atoms with Gasteiger partial charge in [0, 0.05) is 31.6 Å². The zero-order valence-corrected chi connectivity index (χ0v) is 10.1. The molecule has 0 aromatic rings. The van der Waals surface area contributed by atoms with E-state index in [1.54, 1.807) is 4.90 Å². The number of carbonyl (C=O) groups excluding carboxylic acids is 1. The molecule has 7 heteroatoms. The molecule has 2 aliphatic rings. The van der Waals surface area contributed by atoms with Crippen LogP contribution < -0.4 is 5.32 Å². The van der Waals surface area contributed by atoms with Crippen molar-refractivity contribution in [1.29, 1.82) is 0 Å². The SMILES string of the molecule is CC(O)(CN1C2CCC1CC(=O)NC2)C(F)(F)F. The number of hydrogen-bond donors (Lipinski definition) is 2. The van der Waals surface area contributed by atoms with Gasteiger partial charge in [-0.1, -0.05) is 0 Å². The molecule has 18 heavy (non-hydrogen) atoms. The van der Waals surface area contributed by atoms with Crippen molar-refractivity contribution in [3.05, 3.63) is 0 Å². The van der Waals surface area contributed by atoms with E-state index in [2.05, 4.69) is 5.32 Å². The number of alkyl halides is 3. The van der Waals surface area contributed by atoms with E-state index in [9.17, 15) is 23.1 Å². The molecule has 0 aromatic carbocycles. The Hall–Kier alpha value is -0.820. The lowest BCUT2D eigenvalue weighted by molar-refractivity contribution is -0.259. The Morgan fingerprint density at radius 2 is 2.00 bits per heavy atom. The predicted octanol–water partition coefficient (Wildman–Crippen LogP) is 0.653. The molecule has 2 N–H and O–H groups in total. The van der Waals surface area contributed by atoms with Crippen molar-refractivity contribution in [2.45, 2.75) is 50.0 Å². The third kappa shape index (κ3) is 2.47. The van der Waals surface area contributed by atoms with E-state index >= 15 is 0 Å². The van der Waals surface area contributed by atoms with Gasteiger partial charge in [-0.3, -0.25) is 9.69 Å². The number of nitrogens with one attached hydrogen (secondary N) is 1. The van der Waals surface area contributed by atoms with E-state index in [1.165, 1.54) is 0 Å². The Morgan fingerprint density at radius 1 is 1.39 bits per heavy atom. The molecule has 2 rings (SSSR count). The van der Waals surface area contributed by atoms with E-state index in [-0.39, 0.29) is 24.4 Å². The van der Waals surface area contributed by atoms with Crippen molar-refractivity contribution < 1.29 is 23.1 Å². The van der Waals surface area contributed by atoms with Crippen LogP contribution in [0.25, 0.3) is 0 Å². The number of amides is 1. The highest BCUT2D eigenvalue weighted by atomic mass is 19.4. The highest BCUT2D eigenvalue weighted by Crippen LogP contribution is 2.35. The molecule has 2 aliphatic heterocycles. The first-order chi connectivity index (χ1) is 8.21. The third-order valence-corrected chi connectivity index (χ3v) is 3.83. The summed E-state index contributed by atoms with van der Waals surface area (Å²) in [6.45, 7) is 0.677. The van der Waals surface area contributed by atoms with Gasteiger partial charge in [0.1, 0.15) is 0 Å². The van der Waals surface area contributed by atoms with Gasteiger partial charge >= 0.3 is 6.18 Å². The Morgan fingerprint density at radius 3 is 2.61 bits per heavy atom. The van der Waals surface area contributed by atoms with Crippen LogP contribution in [0.1, 0.15) is 26.2 Å². The number of nitrogens with zero attached hydrogens (tertiary/aromatic N) is 1. The van der Waals surface area contributed by atoms with Crippen LogP contribution in [0.3, 0.4) is 0 Å². The lowest BCUT2D eigenvalue weighted by atomic mass is 10.0. The number of carbonyl (C=O) groups is 1. The fourth-order valence-electron chi connectivity index (χ4n) is 2.67. The Labute approximate surface area is 103 Å². The molecule has 2 saturated heterocycles. The van der Waals surface area contributed by atoms with Crippen molar-refractivity contribution >= 4 is 5.91 Å². The van der Waals surface area contributed by atoms with Gasteiger partial charge in [-0.05, 0) is 19.8 Å². The number of hydrogen-bond acceptors (Lipinski definition) is 3. The van der Waals surface area contributed by atoms with Gasteiger partial charge in [-0.15, -0.1) is 0 Å². The van der Waals surface area contributed by atoms with E-state index in [0.29, 0.717) is 13.0 Å². The summed E-state index contributed by atoms with van der Waals surface area (Å²) in [5.74, 6) is -0.126. The average Bonchev–Trinajstić information content (AvgIpc) is 2.47. The maximum Gasteiger partial charge on any atom is 0.418 e. The maximum absolute atomic E-state index is 12.7. The quantitative estimate of drug-likeness (QED) is 0.771. The number of aliphatic hydroxyl groups is 1. The smallest absolute Gasteiger partial charge is 0.380 e. The largest absolute Gasteiger partial charge is 0.418 e. The molecular weight excluding hydrogens is 249 g/mol. The maximum atomic E-state index is 12.7. The molecule has 3 atom stereocenters. The minimum absolute atomic E-state index is 0.102. The van der Waals surface area contributed by atoms with Gasteiger partial charge in [0.25, 0.3) is 0 Å². The normalized spacial score (nSPS) is 32.8. The zero-order chi connectivity index (χ0) is 13.6. The molecule has 0 aromatic heterocycles. The van der Waals surface area contributed by atoms with Crippen LogP contribution in [0.4, 0.5) is 13.2 Å². The van der Waals surface area contributed by atoms with Crippen molar-refractivity contribution in [2.24, 2.45) is 0 Å². The van der Waals surface area contributed by atoms with Gasteiger partial charge < -0.3 is 10.4 Å². The van der Waals surface area contributed by atoms with E-state index in [1.807, 2.05) is 0 Å². The Bertz CT molecular complexity index is 344. The average molecular weight is 266 g/mol. The van der Waals surface area contributed by atoms with Crippen LogP contribution in [-0.4, -0.2) is 52.9 Å². The summed E-state index contributed by atoms with van der Waals surface area (Å²) in [5, 5.41) is 12.2. The van der Waals surface area contributed by atoms with Crippen molar-refractivity contribution in [3.63, 3.8) is 0 Å². The second kappa shape index (κ2) is 4.38. The van der Waals surface area contributed by atoms with Gasteiger partial charge in [-0.2, -0.15) is 13.2 Å². The molecule has 2 heterocycles. The molecule has 3 unspecified atom stereocenters. The van der Waals surface area contributed by atoms with Crippen LogP contribution in [-0.2, 0) is 4.79 Å². The molecule has 0 spiro atoms. The molecule has 104 valence electrons. The summed E-state index contributed by atoms with van der Waals surface area (Å²) < 4.78 is 38.0. The molecule has 0 radical (unpaired) electrons. The summed E-state index contributed by atoms with van der Waals surface area (Å²) in [7, 11) is 0. The second-order valence-electron chi connectivity index (χ2n) is 5.34. The summed E-state index contributed by atoms with van der Waals surface area (Å²) in [6.07, 6.45) is -2.97. The molecule has 0 aliphatic carbocycles. The molecule has 0 saturated carbocycles. The number of rotatable bonds is 2. The van der Waals surface area contributed by atoms with E-state index < -0.39 is 18.3 Å². The Balaban J connectivity index is 2.11. The standard InChI is InChI=1S/C11H17F3N2O2/c1-10(18,11(12,13)14)6-16-7-2-3-8(16)5-15-9(17)4-7/h7-8,18H,2-6H2,1H3,(H,15,17). The van der Waals surface area contributed by atoms with Gasteiger partial charge in [0.15, 0.2) is 5.60 Å². The topological polar surface area (TPSA) is 52.6 Å².